The van der Waals surface area contributed by atoms with Gasteiger partial charge in [0.05, 0.1) is 19.1 Å². The van der Waals surface area contributed by atoms with Gasteiger partial charge < -0.3 is 14.9 Å². The summed E-state index contributed by atoms with van der Waals surface area (Å²) in [5.41, 5.74) is -0.306. The smallest absolute Gasteiger partial charge is 0.316 e. The van der Waals surface area contributed by atoms with Crippen molar-refractivity contribution in [1.82, 2.24) is 0 Å². The van der Waals surface area contributed by atoms with Gasteiger partial charge in [-0.25, -0.2) is 0 Å². The van der Waals surface area contributed by atoms with Gasteiger partial charge in [0.2, 0.25) is 0 Å². The zero-order valence-corrected chi connectivity index (χ0v) is 10.6. The molecule has 0 heterocycles. The van der Waals surface area contributed by atoms with Gasteiger partial charge in [0.25, 0.3) is 0 Å². The highest BCUT2D eigenvalue weighted by atomic mass is 16.6. The normalized spacial score (nSPS) is 10.5. The van der Waals surface area contributed by atoms with Crippen molar-refractivity contribution in [1.29, 1.82) is 0 Å². The van der Waals surface area contributed by atoms with Gasteiger partial charge in [0.1, 0.15) is 0 Å². The van der Waals surface area contributed by atoms with Crippen LogP contribution in [0.2, 0.25) is 0 Å². The van der Waals surface area contributed by atoms with E-state index in [0.29, 0.717) is 0 Å². The van der Waals surface area contributed by atoms with Crippen LogP contribution in [0.1, 0.15) is 34.6 Å². The summed E-state index contributed by atoms with van der Waals surface area (Å²) < 4.78 is 4.23. The fraction of sp³-hybridized carbons (Fsp3) is 0.818. The number of esters is 2. The summed E-state index contributed by atoms with van der Waals surface area (Å²) in [4.78, 5) is 20.6. The van der Waals surface area contributed by atoms with Gasteiger partial charge in [-0.05, 0) is 0 Å². The first-order valence-electron chi connectivity index (χ1n) is 5.10. The number of hydrogen-bond acceptors (Lipinski definition) is 5. The number of rotatable bonds is 3. The largest absolute Gasteiger partial charge is 0.396 e. The summed E-state index contributed by atoms with van der Waals surface area (Å²) in [6, 6.07) is 0. The van der Waals surface area contributed by atoms with Gasteiger partial charge in [-0.3, -0.25) is 9.59 Å². The molecule has 0 amide bonds. The number of carbonyl (C=O) groups excluding carboxylic acids is 2. The topological polar surface area (TPSA) is 83.8 Å². The molecule has 0 bridgehead atoms. The molecule has 0 saturated heterocycles. The second-order valence-corrected chi connectivity index (χ2v) is 4.55. The molecule has 96 valence electrons. The van der Waals surface area contributed by atoms with E-state index < -0.39 is 11.9 Å². The van der Waals surface area contributed by atoms with Crippen molar-refractivity contribution < 1.29 is 24.5 Å². The summed E-state index contributed by atoms with van der Waals surface area (Å²) >= 11 is 0. The molecule has 0 saturated carbocycles. The number of aliphatic hydroxyl groups is 2. The van der Waals surface area contributed by atoms with Gasteiger partial charge >= 0.3 is 11.9 Å². The Hall–Kier alpha value is -0.940. The lowest BCUT2D eigenvalue weighted by Crippen LogP contribution is -2.20. The summed E-state index contributed by atoms with van der Waals surface area (Å²) in [7, 11) is 0. The van der Waals surface area contributed by atoms with Crippen LogP contribution < -0.4 is 0 Å². The van der Waals surface area contributed by atoms with E-state index in [4.69, 9.17) is 10.2 Å². The Morgan fingerprint density at radius 1 is 1.19 bits per heavy atom. The van der Waals surface area contributed by atoms with Crippen LogP contribution in [0.4, 0.5) is 0 Å². The molecule has 0 aromatic rings. The molecule has 0 radical (unpaired) electrons. The second kappa shape index (κ2) is 8.24. The molecule has 5 heteroatoms. The molecule has 16 heavy (non-hydrogen) atoms. The van der Waals surface area contributed by atoms with Crippen molar-refractivity contribution in [2.24, 2.45) is 11.3 Å². The number of hydrogen-bond donors (Lipinski definition) is 2. The Kier molecular flexibility index (Phi) is 8.99. The summed E-state index contributed by atoms with van der Waals surface area (Å²) in [6.07, 6.45) is 0. The Morgan fingerprint density at radius 3 is 1.62 bits per heavy atom. The third-order valence-corrected chi connectivity index (χ3v) is 1.57. The molecule has 0 rings (SSSR count). The highest BCUT2D eigenvalue weighted by Gasteiger charge is 2.13. The van der Waals surface area contributed by atoms with Crippen LogP contribution in [0, 0.1) is 11.3 Å². The lowest BCUT2D eigenvalue weighted by Gasteiger charge is -2.16. The quantitative estimate of drug-likeness (QED) is 0.555. The van der Waals surface area contributed by atoms with Crippen molar-refractivity contribution in [3.8, 4) is 0 Å². The lowest BCUT2D eigenvalue weighted by molar-refractivity contribution is -0.160. The van der Waals surface area contributed by atoms with Crippen LogP contribution in [0.25, 0.3) is 0 Å². The van der Waals surface area contributed by atoms with E-state index in [-0.39, 0.29) is 24.5 Å². The number of aliphatic hydroxyl groups excluding tert-OH is 2. The molecule has 2 N–H and O–H groups in total. The third-order valence-electron chi connectivity index (χ3n) is 1.57. The summed E-state index contributed by atoms with van der Waals surface area (Å²) in [6.45, 7) is 8.24. The predicted molar refractivity (Wildman–Crippen MR) is 59.6 cm³/mol. The standard InChI is InChI=1S/C6H10O3.C5H12O2/c1-4(2)6(8)9-5(3)7;1-5(2,3-6)4-7/h4H,1-3H3;6-7H,3-4H2,1-2H3. The van der Waals surface area contributed by atoms with E-state index in [1.807, 2.05) is 0 Å². The van der Waals surface area contributed by atoms with Gasteiger partial charge in [0.15, 0.2) is 0 Å². The lowest BCUT2D eigenvalue weighted by atomic mass is 9.97. The first-order valence-corrected chi connectivity index (χ1v) is 5.10. The Bertz CT molecular complexity index is 214. The van der Waals surface area contributed by atoms with Crippen LogP contribution in [0.5, 0.6) is 0 Å². The predicted octanol–water partition coefficient (Wildman–Crippen LogP) is 0.729. The maximum Gasteiger partial charge on any atom is 0.316 e. The average Bonchev–Trinajstić information content (AvgIpc) is 2.17. The third kappa shape index (κ3) is 11.1. The molecule has 0 spiro atoms. The molecule has 0 aliphatic heterocycles. The van der Waals surface area contributed by atoms with Crippen molar-refractivity contribution in [2.75, 3.05) is 13.2 Å². The first kappa shape index (κ1) is 17.5. The SMILES string of the molecule is CC(=O)OC(=O)C(C)C.CC(C)(CO)CO. The summed E-state index contributed by atoms with van der Waals surface area (Å²) in [5.74, 6) is -1.25. The zero-order chi connectivity index (χ0) is 13.4. The maximum absolute atomic E-state index is 10.5. The van der Waals surface area contributed by atoms with Gasteiger partial charge in [-0.1, -0.05) is 27.7 Å². The van der Waals surface area contributed by atoms with Crippen molar-refractivity contribution in [2.45, 2.75) is 34.6 Å². The van der Waals surface area contributed by atoms with Crippen LogP contribution >= 0.6 is 0 Å². The molecule has 0 aromatic carbocycles. The minimum absolute atomic E-state index is 0.0451. The molecule has 0 aliphatic rings. The molecular weight excluding hydrogens is 212 g/mol. The highest BCUT2D eigenvalue weighted by Crippen LogP contribution is 2.10. The minimum Gasteiger partial charge on any atom is -0.396 e. The van der Waals surface area contributed by atoms with Crippen LogP contribution in [-0.4, -0.2) is 35.4 Å². The molecule has 0 aromatic heterocycles. The minimum atomic E-state index is -0.547. The van der Waals surface area contributed by atoms with E-state index >= 15 is 0 Å². The average molecular weight is 234 g/mol. The fourth-order valence-electron chi connectivity index (χ4n) is 0.310. The van der Waals surface area contributed by atoms with Crippen LogP contribution in [-0.2, 0) is 14.3 Å². The molecule has 0 fully saturated rings. The molecular formula is C11H22O5. The Morgan fingerprint density at radius 2 is 1.56 bits per heavy atom. The van der Waals surface area contributed by atoms with Crippen LogP contribution in [0.3, 0.4) is 0 Å². The second-order valence-electron chi connectivity index (χ2n) is 4.55. The fourth-order valence-corrected chi connectivity index (χ4v) is 0.310. The summed E-state index contributed by atoms with van der Waals surface area (Å²) in [5, 5.41) is 16.9. The van der Waals surface area contributed by atoms with Crippen molar-refractivity contribution in [3.05, 3.63) is 0 Å². The zero-order valence-electron chi connectivity index (χ0n) is 10.6. The van der Waals surface area contributed by atoms with E-state index in [9.17, 15) is 9.59 Å². The first-order chi connectivity index (χ1) is 7.16. The van der Waals surface area contributed by atoms with Crippen molar-refractivity contribution >= 4 is 11.9 Å². The van der Waals surface area contributed by atoms with Crippen LogP contribution in [0.15, 0.2) is 0 Å². The van der Waals surface area contributed by atoms with Gasteiger partial charge in [-0.2, -0.15) is 0 Å². The molecule has 5 nitrogen and oxygen atoms in total. The monoisotopic (exact) mass is 234 g/mol. The molecule has 0 unspecified atom stereocenters. The Balaban J connectivity index is 0. The Labute approximate surface area is 96.4 Å². The van der Waals surface area contributed by atoms with E-state index in [2.05, 4.69) is 4.74 Å². The highest BCUT2D eigenvalue weighted by molar-refractivity contribution is 5.85. The molecule has 0 aliphatic carbocycles. The number of ether oxygens (including phenoxy) is 1. The molecule has 0 atom stereocenters. The van der Waals surface area contributed by atoms with E-state index in [1.165, 1.54) is 6.92 Å². The van der Waals surface area contributed by atoms with E-state index in [1.54, 1.807) is 27.7 Å². The van der Waals surface area contributed by atoms with Crippen molar-refractivity contribution in [3.63, 3.8) is 0 Å². The van der Waals surface area contributed by atoms with E-state index in [0.717, 1.165) is 0 Å². The number of carbonyl (C=O) groups is 2. The maximum atomic E-state index is 10.5. The van der Waals surface area contributed by atoms with Gasteiger partial charge in [0, 0.05) is 12.3 Å². The van der Waals surface area contributed by atoms with Gasteiger partial charge in [-0.15, -0.1) is 0 Å².